The summed E-state index contributed by atoms with van der Waals surface area (Å²) in [7, 11) is 0. The molecule has 1 N–H and O–H groups in total. The van der Waals surface area contributed by atoms with Gasteiger partial charge >= 0.3 is 5.97 Å². The molecule has 0 amide bonds. The lowest BCUT2D eigenvalue weighted by Gasteiger charge is -2.41. The van der Waals surface area contributed by atoms with Gasteiger partial charge in [0.1, 0.15) is 6.04 Å². The minimum Gasteiger partial charge on any atom is -0.480 e. The molecule has 0 aromatic carbocycles. The molecule has 4 heteroatoms. The molecule has 0 radical (unpaired) electrons. The number of aliphatic carboxylic acids is 1. The highest BCUT2D eigenvalue weighted by Gasteiger charge is 2.38. The molecule has 1 atom stereocenters. The smallest absolute Gasteiger partial charge is 0.325 e. The molecule has 1 aliphatic carbocycles. The maximum absolute atomic E-state index is 11.7. The van der Waals surface area contributed by atoms with E-state index in [9.17, 15) is 9.90 Å². The maximum atomic E-state index is 11.7. The Bertz CT molecular complexity index is 462. The van der Waals surface area contributed by atoms with Crippen molar-refractivity contribution in [2.45, 2.75) is 51.1 Å². The zero-order valence-corrected chi connectivity index (χ0v) is 12.2. The fraction of sp³-hybridized carbons (Fsp3) is 0.667. The molecule has 1 unspecified atom stereocenters. The Morgan fingerprint density at radius 3 is 2.79 bits per heavy atom. The van der Waals surface area contributed by atoms with Crippen LogP contribution in [0.4, 0.5) is 0 Å². The monoisotopic (exact) mass is 279 g/mol. The summed E-state index contributed by atoms with van der Waals surface area (Å²) < 4.78 is 0. The van der Waals surface area contributed by atoms with Gasteiger partial charge in [-0.1, -0.05) is 6.92 Å². The van der Waals surface area contributed by atoms with Gasteiger partial charge in [-0.3, -0.25) is 9.69 Å². The fourth-order valence-corrected chi connectivity index (χ4v) is 4.48. The van der Waals surface area contributed by atoms with Crippen LogP contribution in [0.15, 0.2) is 11.4 Å². The molecule has 3 nitrogen and oxygen atoms in total. The van der Waals surface area contributed by atoms with E-state index in [0.717, 1.165) is 37.3 Å². The molecule has 2 heterocycles. The molecule has 1 saturated carbocycles. The molecule has 1 aromatic rings. The summed E-state index contributed by atoms with van der Waals surface area (Å²) in [5, 5.41) is 11.7. The Kier molecular flexibility index (Phi) is 3.63. The van der Waals surface area contributed by atoms with E-state index in [2.05, 4.69) is 11.8 Å². The molecule has 19 heavy (non-hydrogen) atoms. The van der Waals surface area contributed by atoms with Crippen LogP contribution in [-0.2, 0) is 11.2 Å². The van der Waals surface area contributed by atoms with Crippen molar-refractivity contribution < 1.29 is 9.90 Å². The van der Waals surface area contributed by atoms with Crippen LogP contribution in [0.1, 0.15) is 49.1 Å². The molecule has 1 aliphatic heterocycles. The molecule has 1 fully saturated rings. The fourth-order valence-electron chi connectivity index (χ4n) is 3.58. The summed E-state index contributed by atoms with van der Waals surface area (Å²) in [5.74, 6) is 0.124. The van der Waals surface area contributed by atoms with Crippen molar-refractivity contribution in [1.29, 1.82) is 0 Å². The molecule has 0 bridgehead atoms. The maximum Gasteiger partial charge on any atom is 0.325 e. The number of hydrogen-bond donors (Lipinski definition) is 1. The molecule has 0 spiro atoms. The van der Waals surface area contributed by atoms with Crippen molar-refractivity contribution >= 4 is 17.3 Å². The number of rotatable bonds is 2. The van der Waals surface area contributed by atoms with Gasteiger partial charge in [0, 0.05) is 17.5 Å². The van der Waals surface area contributed by atoms with Crippen LogP contribution in [0.3, 0.4) is 0 Å². The second kappa shape index (κ2) is 5.25. The number of thiophene rings is 1. The highest BCUT2D eigenvalue weighted by molar-refractivity contribution is 7.10. The number of nitrogens with zero attached hydrogens (tertiary/aromatic N) is 1. The van der Waals surface area contributed by atoms with E-state index in [-0.39, 0.29) is 0 Å². The largest absolute Gasteiger partial charge is 0.480 e. The molecule has 0 saturated heterocycles. The van der Waals surface area contributed by atoms with Crippen LogP contribution in [0.25, 0.3) is 0 Å². The molecular weight excluding hydrogens is 258 g/mol. The number of hydrogen-bond acceptors (Lipinski definition) is 3. The van der Waals surface area contributed by atoms with Crippen LogP contribution in [0.5, 0.6) is 0 Å². The van der Waals surface area contributed by atoms with E-state index >= 15 is 0 Å². The third-order valence-corrected chi connectivity index (χ3v) is 5.69. The molecule has 3 rings (SSSR count). The summed E-state index contributed by atoms with van der Waals surface area (Å²) in [6, 6.07) is 2.06. The summed E-state index contributed by atoms with van der Waals surface area (Å²) in [4.78, 5) is 15.2. The highest BCUT2D eigenvalue weighted by Crippen LogP contribution is 2.38. The van der Waals surface area contributed by atoms with E-state index in [0.29, 0.717) is 6.04 Å². The standard InChI is InChI=1S/C15H21NO2S/c1-10-2-4-11(5-3-10)16-8-6-13-12(7-9-19-13)14(16)15(17)18/h7,9-11,14H,2-6,8H2,1H3,(H,17,18). The second-order valence-corrected chi connectivity index (χ2v) is 6.94. The third-order valence-electron chi connectivity index (χ3n) is 4.69. The van der Waals surface area contributed by atoms with Crippen LogP contribution in [0.2, 0.25) is 0 Å². The Morgan fingerprint density at radius 1 is 1.37 bits per heavy atom. The zero-order valence-electron chi connectivity index (χ0n) is 11.3. The number of carbonyl (C=O) groups is 1. The topological polar surface area (TPSA) is 40.5 Å². The van der Waals surface area contributed by atoms with Crippen molar-refractivity contribution in [3.63, 3.8) is 0 Å². The number of carboxylic acids is 1. The lowest BCUT2D eigenvalue weighted by molar-refractivity contribution is -0.145. The first kappa shape index (κ1) is 13.1. The normalized spacial score (nSPS) is 31.9. The lowest BCUT2D eigenvalue weighted by atomic mass is 9.84. The van der Waals surface area contributed by atoms with Crippen LogP contribution in [0, 0.1) is 5.92 Å². The van der Waals surface area contributed by atoms with Gasteiger partial charge in [-0.05, 0) is 55.0 Å². The lowest BCUT2D eigenvalue weighted by Crippen LogP contribution is -2.46. The van der Waals surface area contributed by atoms with Gasteiger partial charge in [0.15, 0.2) is 0 Å². The van der Waals surface area contributed by atoms with Gasteiger partial charge in [-0.25, -0.2) is 0 Å². The average Bonchev–Trinajstić information content (AvgIpc) is 2.86. The van der Waals surface area contributed by atoms with Gasteiger partial charge < -0.3 is 5.11 Å². The van der Waals surface area contributed by atoms with E-state index in [1.807, 2.05) is 11.4 Å². The number of carboxylic acid groups (broad SMARTS) is 1. The average molecular weight is 279 g/mol. The molecular formula is C15H21NO2S. The SMILES string of the molecule is CC1CCC(N2CCc3sccc3C2C(=O)O)CC1. The van der Waals surface area contributed by atoms with Crippen molar-refractivity contribution in [2.24, 2.45) is 5.92 Å². The molecule has 2 aliphatic rings. The summed E-state index contributed by atoms with van der Waals surface area (Å²) >= 11 is 1.71. The first-order chi connectivity index (χ1) is 9.16. The third kappa shape index (κ3) is 2.43. The van der Waals surface area contributed by atoms with Gasteiger partial charge in [-0.15, -0.1) is 11.3 Å². The van der Waals surface area contributed by atoms with Gasteiger partial charge in [-0.2, -0.15) is 0 Å². The predicted octanol–water partition coefficient (Wildman–Crippen LogP) is 3.31. The minimum absolute atomic E-state index is 0.409. The first-order valence-corrected chi connectivity index (χ1v) is 8.09. The van der Waals surface area contributed by atoms with Crippen molar-refractivity contribution in [1.82, 2.24) is 4.90 Å². The molecule has 104 valence electrons. The van der Waals surface area contributed by atoms with E-state index in [4.69, 9.17) is 0 Å². The highest BCUT2D eigenvalue weighted by atomic mass is 32.1. The van der Waals surface area contributed by atoms with Gasteiger partial charge in [0.25, 0.3) is 0 Å². The first-order valence-electron chi connectivity index (χ1n) is 7.21. The van der Waals surface area contributed by atoms with E-state index in [1.165, 1.54) is 17.7 Å². The van der Waals surface area contributed by atoms with Crippen molar-refractivity contribution in [3.05, 3.63) is 21.9 Å². The van der Waals surface area contributed by atoms with Crippen LogP contribution in [-0.4, -0.2) is 28.6 Å². The van der Waals surface area contributed by atoms with Gasteiger partial charge in [0.2, 0.25) is 0 Å². The Hall–Kier alpha value is -0.870. The zero-order chi connectivity index (χ0) is 13.4. The summed E-state index contributed by atoms with van der Waals surface area (Å²) in [6.07, 6.45) is 5.81. The second-order valence-electron chi connectivity index (χ2n) is 5.94. The van der Waals surface area contributed by atoms with Crippen molar-refractivity contribution in [3.8, 4) is 0 Å². The molecule has 1 aromatic heterocycles. The predicted molar refractivity (Wildman–Crippen MR) is 76.5 cm³/mol. The van der Waals surface area contributed by atoms with Crippen LogP contribution >= 0.6 is 11.3 Å². The van der Waals surface area contributed by atoms with E-state index < -0.39 is 12.0 Å². The van der Waals surface area contributed by atoms with Gasteiger partial charge in [0.05, 0.1) is 0 Å². The van der Waals surface area contributed by atoms with E-state index in [1.54, 1.807) is 11.3 Å². The summed E-state index contributed by atoms with van der Waals surface area (Å²) in [6.45, 7) is 3.21. The Labute approximate surface area is 118 Å². The minimum atomic E-state index is -0.682. The van der Waals surface area contributed by atoms with Crippen LogP contribution < -0.4 is 0 Å². The Morgan fingerprint density at radius 2 is 2.11 bits per heavy atom. The quantitative estimate of drug-likeness (QED) is 0.903. The summed E-state index contributed by atoms with van der Waals surface area (Å²) in [5.41, 5.74) is 1.04. The Balaban J connectivity index is 1.83. The number of fused-ring (bicyclic) bond motifs is 1. The van der Waals surface area contributed by atoms with Crippen molar-refractivity contribution in [2.75, 3.05) is 6.54 Å².